The van der Waals surface area contributed by atoms with E-state index in [9.17, 15) is 18.0 Å². The van der Waals surface area contributed by atoms with E-state index < -0.39 is 27.3 Å². The number of aliphatic carboxylic acids is 1. The van der Waals surface area contributed by atoms with Crippen molar-refractivity contribution in [2.45, 2.75) is 44.6 Å². The molecule has 1 saturated heterocycles. The number of carbonyl (C=O) groups excluding carboxylic acids is 1. The third-order valence-electron chi connectivity index (χ3n) is 4.43. The van der Waals surface area contributed by atoms with Gasteiger partial charge in [-0.1, -0.05) is 18.6 Å². The normalized spacial score (nSPS) is 16.4. The fourth-order valence-corrected chi connectivity index (χ4v) is 4.05. The summed E-state index contributed by atoms with van der Waals surface area (Å²) in [7, 11) is -3.48. The van der Waals surface area contributed by atoms with Crippen LogP contribution in [-0.4, -0.2) is 42.8 Å². The molecule has 0 saturated carbocycles. The first-order valence-electron chi connectivity index (χ1n) is 8.26. The average molecular weight is 368 g/mol. The summed E-state index contributed by atoms with van der Waals surface area (Å²) in [6.07, 6.45) is 2.81. The number of hydrogen-bond acceptors (Lipinski definition) is 4. The minimum atomic E-state index is -3.48. The maximum atomic E-state index is 12.6. The zero-order valence-electron chi connectivity index (χ0n) is 14.5. The van der Waals surface area contributed by atoms with Crippen LogP contribution >= 0.6 is 0 Å². The summed E-state index contributed by atoms with van der Waals surface area (Å²) in [5.41, 5.74) is -0.815. The number of nitrogens with one attached hydrogen (secondary N) is 1. The molecule has 0 atom stereocenters. The van der Waals surface area contributed by atoms with E-state index in [2.05, 4.69) is 5.32 Å². The third-order valence-corrected chi connectivity index (χ3v) is 6.34. The number of sulfonamides is 1. The third kappa shape index (κ3) is 4.38. The van der Waals surface area contributed by atoms with Crippen LogP contribution in [0.3, 0.4) is 0 Å². The molecule has 1 aliphatic heterocycles. The molecule has 0 unspecified atom stereocenters. The van der Waals surface area contributed by atoms with Gasteiger partial charge in [0, 0.05) is 19.6 Å². The van der Waals surface area contributed by atoms with Crippen molar-refractivity contribution < 1.29 is 23.1 Å². The quantitative estimate of drug-likeness (QED) is 0.742. The Hall–Kier alpha value is -1.93. The van der Waals surface area contributed by atoms with E-state index in [0.717, 1.165) is 19.3 Å². The van der Waals surface area contributed by atoms with Crippen LogP contribution in [-0.2, 0) is 26.2 Å². The number of hydrogen-bond donors (Lipinski definition) is 2. The second-order valence-electron chi connectivity index (χ2n) is 6.72. The molecule has 1 aliphatic rings. The Kier molecular flexibility index (Phi) is 5.84. The first-order valence-corrected chi connectivity index (χ1v) is 9.70. The van der Waals surface area contributed by atoms with Crippen molar-refractivity contribution in [2.24, 2.45) is 5.41 Å². The standard InChI is InChI=1S/C17H24N2O5S/c1-17(2,16(21)22)15(20)18-12-13-6-8-14(9-7-13)25(23,24)19-10-4-3-5-11-19/h6-9H,3-5,10-12H2,1-2H3,(H,18,20)(H,21,22). The zero-order valence-corrected chi connectivity index (χ0v) is 15.3. The molecule has 1 amide bonds. The van der Waals surface area contributed by atoms with Gasteiger partial charge in [-0.05, 0) is 44.4 Å². The topological polar surface area (TPSA) is 104 Å². The van der Waals surface area contributed by atoms with Crippen molar-refractivity contribution in [2.75, 3.05) is 13.1 Å². The Bertz CT molecular complexity index is 735. The highest BCUT2D eigenvalue weighted by atomic mass is 32.2. The Labute approximate surface area is 148 Å². The monoisotopic (exact) mass is 368 g/mol. The van der Waals surface area contributed by atoms with Crippen LogP contribution in [0.5, 0.6) is 0 Å². The summed E-state index contributed by atoms with van der Waals surface area (Å²) in [5.74, 6) is -1.79. The fourth-order valence-electron chi connectivity index (χ4n) is 2.53. The van der Waals surface area contributed by atoms with Crippen molar-refractivity contribution in [3.8, 4) is 0 Å². The summed E-state index contributed by atoms with van der Waals surface area (Å²) in [5, 5.41) is 11.6. The minimum Gasteiger partial charge on any atom is -0.480 e. The maximum absolute atomic E-state index is 12.6. The van der Waals surface area contributed by atoms with Gasteiger partial charge in [0.1, 0.15) is 5.41 Å². The van der Waals surface area contributed by atoms with Crippen molar-refractivity contribution in [3.05, 3.63) is 29.8 Å². The first-order chi connectivity index (χ1) is 11.7. The van der Waals surface area contributed by atoms with Crippen molar-refractivity contribution >= 4 is 21.9 Å². The molecule has 0 bridgehead atoms. The molecule has 0 radical (unpaired) electrons. The predicted molar refractivity (Wildman–Crippen MR) is 92.3 cm³/mol. The number of carbonyl (C=O) groups is 2. The molecule has 1 fully saturated rings. The molecule has 2 rings (SSSR count). The molecule has 7 nitrogen and oxygen atoms in total. The number of nitrogens with zero attached hydrogens (tertiary/aromatic N) is 1. The number of rotatable bonds is 6. The van der Waals surface area contributed by atoms with E-state index in [4.69, 9.17) is 5.11 Å². The lowest BCUT2D eigenvalue weighted by atomic mass is 9.92. The van der Waals surface area contributed by atoms with Crippen LogP contribution < -0.4 is 5.32 Å². The summed E-state index contributed by atoms with van der Waals surface area (Å²) >= 11 is 0. The van der Waals surface area contributed by atoms with Gasteiger partial charge >= 0.3 is 5.97 Å². The summed E-state index contributed by atoms with van der Waals surface area (Å²) in [6.45, 7) is 3.90. The van der Waals surface area contributed by atoms with Crippen LogP contribution in [0.2, 0.25) is 0 Å². The van der Waals surface area contributed by atoms with Crippen LogP contribution in [0.25, 0.3) is 0 Å². The Morgan fingerprint density at radius 2 is 1.68 bits per heavy atom. The molecule has 1 aromatic rings. The van der Waals surface area contributed by atoms with Gasteiger partial charge in [-0.2, -0.15) is 4.31 Å². The van der Waals surface area contributed by atoms with E-state index in [-0.39, 0.29) is 11.4 Å². The second kappa shape index (κ2) is 7.53. The lowest BCUT2D eigenvalue weighted by Gasteiger charge is -2.25. The number of carboxylic acids is 1. The molecule has 138 valence electrons. The first kappa shape index (κ1) is 19.4. The second-order valence-corrected chi connectivity index (χ2v) is 8.66. The van der Waals surface area contributed by atoms with E-state index in [1.807, 2.05) is 0 Å². The van der Waals surface area contributed by atoms with E-state index in [1.165, 1.54) is 30.3 Å². The van der Waals surface area contributed by atoms with Crippen molar-refractivity contribution in [1.82, 2.24) is 9.62 Å². The molecule has 0 aliphatic carbocycles. The number of carboxylic acid groups (broad SMARTS) is 1. The van der Waals surface area contributed by atoms with Crippen molar-refractivity contribution in [3.63, 3.8) is 0 Å². The Balaban J connectivity index is 2.02. The van der Waals surface area contributed by atoms with E-state index in [0.29, 0.717) is 18.7 Å². The molecule has 0 aromatic heterocycles. The van der Waals surface area contributed by atoms with Crippen LogP contribution in [0.15, 0.2) is 29.2 Å². The van der Waals surface area contributed by atoms with Gasteiger partial charge in [-0.25, -0.2) is 8.42 Å². The van der Waals surface area contributed by atoms with Crippen LogP contribution in [0.1, 0.15) is 38.7 Å². The van der Waals surface area contributed by atoms with Gasteiger partial charge in [-0.15, -0.1) is 0 Å². The molecule has 1 heterocycles. The summed E-state index contributed by atoms with van der Waals surface area (Å²) in [4.78, 5) is 23.2. The van der Waals surface area contributed by atoms with Crippen molar-refractivity contribution in [1.29, 1.82) is 0 Å². The molecular weight excluding hydrogens is 344 g/mol. The molecule has 2 N–H and O–H groups in total. The van der Waals surface area contributed by atoms with E-state index >= 15 is 0 Å². The largest absolute Gasteiger partial charge is 0.480 e. The lowest BCUT2D eigenvalue weighted by molar-refractivity contribution is -0.153. The molecule has 0 spiro atoms. The summed E-state index contributed by atoms with van der Waals surface area (Å²) in [6, 6.07) is 6.30. The van der Waals surface area contributed by atoms with Gasteiger partial charge in [0.15, 0.2) is 0 Å². The highest BCUT2D eigenvalue weighted by Gasteiger charge is 2.35. The SMILES string of the molecule is CC(C)(C(=O)O)C(=O)NCc1ccc(S(=O)(=O)N2CCCCC2)cc1. The van der Waals surface area contributed by atoms with Gasteiger partial charge in [0.05, 0.1) is 4.90 Å². The molecular formula is C17H24N2O5S. The Morgan fingerprint density at radius 3 is 2.20 bits per heavy atom. The minimum absolute atomic E-state index is 0.138. The number of amides is 1. The molecule has 8 heteroatoms. The highest BCUT2D eigenvalue weighted by molar-refractivity contribution is 7.89. The van der Waals surface area contributed by atoms with Gasteiger partial charge in [-0.3, -0.25) is 9.59 Å². The predicted octanol–water partition coefficient (Wildman–Crippen LogP) is 1.59. The van der Waals surface area contributed by atoms with E-state index in [1.54, 1.807) is 12.1 Å². The van der Waals surface area contributed by atoms with Crippen LogP contribution in [0.4, 0.5) is 0 Å². The zero-order chi connectivity index (χ0) is 18.7. The van der Waals surface area contributed by atoms with Gasteiger partial charge in [0.25, 0.3) is 0 Å². The number of piperidine rings is 1. The highest BCUT2D eigenvalue weighted by Crippen LogP contribution is 2.21. The average Bonchev–Trinajstić information content (AvgIpc) is 2.60. The smallest absolute Gasteiger partial charge is 0.318 e. The van der Waals surface area contributed by atoms with Gasteiger partial charge < -0.3 is 10.4 Å². The van der Waals surface area contributed by atoms with Gasteiger partial charge in [0.2, 0.25) is 15.9 Å². The summed E-state index contributed by atoms with van der Waals surface area (Å²) < 4.78 is 26.6. The number of benzene rings is 1. The molecule has 1 aromatic carbocycles. The Morgan fingerprint density at radius 1 is 1.12 bits per heavy atom. The fraction of sp³-hybridized carbons (Fsp3) is 0.529. The lowest BCUT2D eigenvalue weighted by Crippen LogP contribution is -2.42. The van der Waals surface area contributed by atoms with Crippen LogP contribution in [0, 0.1) is 5.41 Å². The maximum Gasteiger partial charge on any atom is 0.318 e. The molecule has 25 heavy (non-hydrogen) atoms.